The molecule has 0 bridgehead atoms. The van der Waals surface area contributed by atoms with Crippen LogP contribution in [0.15, 0.2) is 19.8 Å². The molecule has 0 radical (unpaired) electrons. The molecule has 0 spiro atoms. The number of hydrogen-bond donors (Lipinski definition) is 0. The Balaban J connectivity index is 1.68. The molecule has 0 atom stereocenters. The second-order valence-corrected chi connectivity index (χ2v) is 8.88. The van der Waals surface area contributed by atoms with Crippen molar-refractivity contribution in [2.75, 3.05) is 31.1 Å². The lowest BCUT2D eigenvalue weighted by atomic mass is 10.2. The van der Waals surface area contributed by atoms with E-state index in [0.717, 1.165) is 45.2 Å². The number of aryl methyl sites for hydroxylation is 1. The van der Waals surface area contributed by atoms with Crippen LogP contribution >= 0.6 is 0 Å². The molecule has 4 heterocycles. The first-order valence-corrected chi connectivity index (χ1v) is 10.7. The van der Waals surface area contributed by atoms with Crippen LogP contribution in [-0.4, -0.2) is 43.9 Å². The Morgan fingerprint density at radius 3 is 2.41 bits per heavy atom. The number of nitrogens with zero attached hydrogens (tertiary/aromatic N) is 4. The second kappa shape index (κ2) is 7.02. The topological polar surface area (TPSA) is 104 Å². The molecule has 9 heteroatoms. The van der Waals surface area contributed by atoms with E-state index in [2.05, 4.69) is 11.1 Å². The molecule has 0 amide bonds. The summed E-state index contributed by atoms with van der Waals surface area (Å²) in [6.07, 6.45) is 4.87. The summed E-state index contributed by atoms with van der Waals surface area (Å²) in [7, 11) is -3.61. The van der Waals surface area contributed by atoms with E-state index in [1.54, 1.807) is 6.92 Å². The first-order chi connectivity index (χ1) is 13.0. The number of aromatic nitrogens is 1. The van der Waals surface area contributed by atoms with Crippen LogP contribution in [0.5, 0.6) is 0 Å². The van der Waals surface area contributed by atoms with E-state index in [9.17, 15) is 13.7 Å². The van der Waals surface area contributed by atoms with Crippen LogP contribution in [0.3, 0.4) is 0 Å². The zero-order chi connectivity index (χ0) is 19.0. The molecule has 2 aliphatic heterocycles. The molecule has 0 aromatic carbocycles. The quantitative estimate of drug-likeness (QED) is 0.790. The van der Waals surface area contributed by atoms with Crippen LogP contribution in [0.1, 0.15) is 43.6 Å². The summed E-state index contributed by atoms with van der Waals surface area (Å²) in [5, 5.41) is 9.37. The van der Waals surface area contributed by atoms with Crippen LogP contribution in [0.4, 0.5) is 5.88 Å². The van der Waals surface area contributed by atoms with Gasteiger partial charge in [0.1, 0.15) is 16.7 Å². The van der Waals surface area contributed by atoms with Crippen LogP contribution in [0.25, 0.3) is 11.7 Å². The van der Waals surface area contributed by atoms with Gasteiger partial charge in [0.2, 0.25) is 21.6 Å². The first kappa shape index (κ1) is 18.1. The van der Waals surface area contributed by atoms with E-state index in [4.69, 9.17) is 8.83 Å². The molecule has 2 aliphatic rings. The summed E-state index contributed by atoms with van der Waals surface area (Å²) in [6, 6.07) is 3.51. The Hall–Kier alpha value is -2.31. The summed E-state index contributed by atoms with van der Waals surface area (Å²) in [5.41, 5.74) is 0.196. The van der Waals surface area contributed by atoms with Crippen molar-refractivity contribution < 1.29 is 17.3 Å². The standard InChI is InChI=1S/C18H22N4O4S/c1-13-16(27(23,24)22-9-3-2-4-10-22)11-15(25-13)17-20-14(12-19)18(26-17)21-7-5-6-8-21/h11H,2-10H2,1H3. The van der Waals surface area contributed by atoms with Gasteiger partial charge >= 0.3 is 0 Å². The third kappa shape index (κ3) is 3.24. The molecule has 0 unspecified atom stereocenters. The highest BCUT2D eigenvalue weighted by Crippen LogP contribution is 2.34. The van der Waals surface area contributed by atoms with Crippen molar-refractivity contribution in [2.45, 2.75) is 43.9 Å². The molecule has 144 valence electrons. The van der Waals surface area contributed by atoms with Crippen LogP contribution in [0, 0.1) is 18.3 Å². The monoisotopic (exact) mass is 390 g/mol. The number of oxazole rings is 1. The largest absolute Gasteiger partial charge is 0.455 e. The van der Waals surface area contributed by atoms with Gasteiger partial charge in [0.05, 0.1) is 0 Å². The van der Waals surface area contributed by atoms with Crippen LogP contribution in [-0.2, 0) is 10.0 Å². The van der Waals surface area contributed by atoms with Gasteiger partial charge in [-0.3, -0.25) is 0 Å². The third-order valence-corrected chi connectivity index (χ3v) is 7.13. The van der Waals surface area contributed by atoms with Gasteiger partial charge in [-0.25, -0.2) is 8.42 Å². The van der Waals surface area contributed by atoms with Gasteiger partial charge in [0.15, 0.2) is 5.76 Å². The summed E-state index contributed by atoms with van der Waals surface area (Å²) in [6.45, 7) is 4.30. The molecule has 8 nitrogen and oxygen atoms in total. The van der Waals surface area contributed by atoms with E-state index in [-0.39, 0.29) is 22.2 Å². The number of rotatable bonds is 4. The van der Waals surface area contributed by atoms with Gasteiger partial charge in [-0.15, -0.1) is 0 Å². The normalized spacial score (nSPS) is 18.7. The highest BCUT2D eigenvalue weighted by molar-refractivity contribution is 7.89. The summed E-state index contributed by atoms with van der Waals surface area (Å²) >= 11 is 0. The Morgan fingerprint density at radius 2 is 1.74 bits per heavy atom. The SMILES string of the molecule is Cc1oc(-c2nc(C#N)c(N3CCCC3)o2)cc1S(=O)(=O)N1CCCCC1. The van der Waals surface area contributed by atoms with Crippen molar-refractivity contribution in [1.82, 2.24) is 9.29 Å². The summed E-state index contributed by atoms with van der Waals surface area (Å²) in [5.74, 6) is 1.09. The average Bonchev–Trinajstić information content (AvgIpc) is 3.41. The number of furan rings is 1. The molecule has 0 aliphatic carbocycles. The number of piperidine rings is 1. The molecule has 0 saturated carbocycles. The van der Waals surface area contributed by atoms with Gasteiger partial charge in [-0.1, -0.05) is 6.42 Å². The van der Waals surface area contributed by atoms with Crippen molar-refractivity contribution in [3.8, 4) is 17.7 Å². The minimum atomic E-state index is -3.61. The van der Waals surface area contributed by atoms with E-state index in [1.807, 2.05) is 4.90 Å². The fraction of sp³-hybridized carbons (Fsp3) is 0.556. The van der Waals surface area contributed by atoms with Crippen molar-refractivity contribution in [3.63, 3.8) is 0 Å². The molecular formula is C18H22N4O4S. The third-order valence-electron chi connectivity index (χ3n) is 5.12. The predicted molar refractivity (Wildman–Crippen MR) is 97.7 cm³/mol. The number of hydrogen-bond acceptors (Lipinski definition) is 7. The van der Waals surface area contributed by atoms with Crippen molar-refractivity contribution in [1.29, 1.82) is 5.26 Å². The zero-order valence-corrected chi connectivity index (χ0v) is 16.1. The van der Waals surface area contributed by atoms with E-state index < -0.39 is 10.0 Å². The highest BCUT2D eigenvalue weighted by atomic mass is 32.2. The molecule has 2 fully saturated rings. The Kier molecular flexibility index (Phi) is 4.70. The number of anilines is 1. The molecule has 2 aromatic heterocycles. The van der Waals surface area contributed by atoms with Crippen LogP contribution < -0.4 is 4.90 Å². The smallest absolute Gasteiger partial charge is 0.266 e. The van der Waals surface area contributed by atoms with Gasteiger partial charge in [-0.2, -0.15) is 14.6 Å². The van der Waals surface area contributed by atoms with E-state index in [0.29, 0.717) is 24.7 Å². The van der Waals surface area contributed by atoms with Gasteiger partial charge in [0, 0.05) is 32.2 Å². The van der Waals surface area contributed by atoms with Crippen molar-refractivity contribution in [2.24, 2.45) is 0 Å². The lowest BCUT2D eigenvalue weighted by molar-refractivity contribution is 0.346. The average molecular weight is 390 g/mol. The number of sulfonamides is 1. The fourth-order valence-corrected chi connectivity index (χ4v) is 5.37. The Bertz CT molecular complexity index is 974. The lowest BCUT2D eigenvalue weighted by Crippen LogP contribution is -2.35. The molecule has 2 saturated heterocycles. The lowest BCUT2D eigenvalue weighted by Gasteiger charge is -2.25. The molecular weight excluding hydrogens is 368 g/mol. The highest BCUT2D eigenvalue weighted by Gasteiger charge is 2.31. The molecule has 27 heavy (non-hydrogen) atoms. The Morgan fingerprint density at radius 1 is 1.07 bits per heavy atom. The van der Waals surface area contributed by atoms with E-state index >= 15 is 0 Å². The van der Waals surface area contributed by atoms with Gasteiger partial charge in [-0.05, 0) is 32.6 Å². The van der Waals surface area contributed by atoms with Crippen molar-refractivity contribution >= 4 is 15.9 Å². The zero-order valence-electron chi connectivity index (χ0n) is 15.3. The maximum atomic E-state index is 12.9. The summed E-state index contributed by atoms with van der Waals surface area (Å²) < 4.78 is 38.8. The predicted octanol–water partition coefficient (Wildman–Crippen LogP) is 2.89. The van der Waals surface area contributed by atoms with E-state index in [1.165, 1.54) is 10.4 Å². The minimum Gasteiger partial charge on any atom is -0.455 e. The minimum absolute atomic E-state index is 0.136. The molecule has 0 N–H and O–H groups in total. The second-order valence-electron chi connectivity index (χ2n) is 6.97. The van der Waals surface area contributed by atoms with Gasteiger partial charge in [0.25, 0.3) is 5.89 Å². The maximum Gasteiger partial charge on any atom is 0.266 e. The van der Waals surface area contributed by atoms with Crippen molar-refractivity contribution in [3.05, 3.63) is 17.5 Å². The molecule has 4 rings (SSSR count). The Labute approximate surface area is 158 Å². The maximum absolute atomic E-state index is 12.9. The molecule has 2 aromatic rings. The van der Waals surface area contributed by atoms with Gasteiger partial charge < -0.3 is 13.7 Å². The summed E-state index contributed by atoms with van der Waals surface area (Å²) in [4.78, 5) is 6.34. The fourth-order valence-electron chi connectivity index (χ4n) is 3.70. The first-order valence-electron chi connectivity index (χ1n) is 9.27. The number of nitriles is 1. The van der Waals surface area contributed by atoms with Crippen LogP contribution in [0.2, 0.25) is 0 Å².